The SMILES string of the molecule is O=C(O)Cc1ccccc1NC(=O)NCCC(F)(F)F. The van der Waals surface area contributed by atoms with E-state index in [9.17, 15) is 22.8 Å². The molecule has 110 valence electrons. The number of nitrogens with one attached hydrogen (secondary N) is 2. The van der Waals surface area contributed by atoms with E-state index in [2.05, 4.69) is 10.6 Å². The number of para-hydroxylation sites is 1. The number of carbonyl (C=O) groups is 2. The van der Waals surface area contributed by atoms with Crippen LogP contribution in [0.1, 0.15) is 12.0 Å². The molecule has 0 heterocycles. The Balaban J connectivity index is 2.55. The largest absolute Gasteiger partial charge is 0.481 e. The van der Waals surface area contributed by atoms with Crippen LogP contribution in [0, 0.1) is 0 Å². The lowest BCUT2D eigenvalue weighted by molar-refractivity contribution is -0.136. The number of carboxylic acids is 1. The number of carboxylic acid groups (broad SMARTS) is 1. The maximum Gasteiger partial charge on any atom is 0.390 e. The predicted molar refractivity (Wildman–Crippen MR) is 65.5 cm³/mol. The van der Waals surface area contributed by atoms with Gasteiger partial charge in [-0.2, -0.15) is 13.2 Å². The number of hydrogen-bond donors (Lipinski definition) is 3. The van der Waals surface area contributed by atoms with Crippen molar-refractivity contribution in [3.63, 3.8) is 0 Å². The van der Waals surface area contributed by atoms with Crippen LogP contribution in [-0.4, -0.2) is 29.8 Å². The van der Waals surface area contributed by atoms with Gasteiger partial charge in [0.1, 0.15) is 0 Å². The normalized spacial score (nSPS) is 10.9. The minimum atomic E-state index is -4.34. The molecule has 0 spiro atoms. The smallest absolute Gasteiger partial charge is 0.390 e. The fourth-order valence-electron chi connectivity index (χ4n) is 1.44. The number of urea groups is 1. The van der Waals surface area contributed by atoms with Gasteiger partial charge in [0.05, 0.1) is 12.8 Å². The van der Waals surface area contributed by atoms with E-state index in [-0.39, 0.29) is 12.1 Å². The molecule has 0 bridgehead atoms. The average Bonchev–Trinajstić information content (AvgIpc) is 2.29. The number of benzene rings is 1. The Hall–Kier alpha value is -2.25. The van der Waals surface area contributed by atoms with E-state index in [1.807, 2.05) is 0 Å². The minimum Gasteiger partial charge on any atom is -0.481 e. The van der Waals surface area contributed by atoms with Gasteiger partial charge in [-0.1, -0.05) is 18.2 Å². The fourth-order valence-corrected chi connectivity index (χ4v) is 1.44. The Morgan fingerprint density at radius 1 is 1.20 bits per heavy atom. The number of anilines is 1. The number of amides is 2. The van der Waals surface area contributed by atoms with Crippen LogP contribution >= 0.6 is 0 Å². The zero-order valence-electron chi connectivity index (χ0n) is 10.3. The summed E-state index contributed by atoms with van der Waals surface area (Å²) in [5.41, 5.74) is 0.616. The lowest BCUT2D eigenvalue weighted by Crippen LogP contribution is -2.32. The van der Waals surface area contributed by atoms with Gasteiger partial charge in [0.2, 0.25) is 0 Å². The summed E-state index contributed by atoms with van der Waals surface area (Å²) in [6.45, 7) is -0.545. The van der Waals surface area contributed by atoms with Crippen molar-refractivity contribution in [2.75, 3.05) is 11.9 Å². The summed E-state index contributed by atoms with van der Waals surface area (Å²) >= 11 is 0. The highest BCUT2D eigenvalue weighted by Crippen LogP contribution is 2.18. The topological polar surface area (TPSA) is 78.4 Å². The molecule has 0 saturated heterocycles. The molecule has 2 amide bonds. The summed E-state index contributed by atoms with van der Waals surface area (Å²) in [7, 11) is 0. The quantitative estimate of drug-likeness (QED) is 0.779. The van der Waals surface area contributed by atoms with Crippen molar-refractivity contribution in [2.45, 2.75) is 19.0 Å². The summed E-state index contributed by atoms with van der Waals surface area (Å²) in [6.07, 6.45) is -5.76. The number of aliphatic carboxylic acids is 1. The number of halogens is 3. The van der Waals surface area contributed by atoms with Gasteiger partial charge in [0.25, 0.3) is 0 Å². The second kappa shape index (κ2) is 6.78. The standard InChI is InChI=1S/C12H13F3N2O3/c13-12(14,15)5-6-16-11(20)17-9-4-2-1-3-8(9)7-10(18)19/h1-4H,5-7H2,(H,18,19)(H2,16,17,20). The van der Waals surface area contributed by atoms with E-state index in [4.69, 9.17) is 5.11 Å². The maximum absolute atomic E-state index is 11.9. The van der Waals surface area contributed by atoms with Gasteiger partial charge in [-0.3, -0.25) is 4.79 Å². The van der Waals surface area contributed by atoms with Crippen LogP contribution in [0.2, 0.25) is 0 Å². The Bertz CT molecular complexity index is 489. The molecular weight excluding hydrogens is 277 g/mol. The first-order valence-electron chi connectivity index (χ1n) is 5.69. The van der Waals surface area contributed by atoms with E-state index in [0.29, 0.717) is 5.56 Å². The summed E-state index contributed by atoms with van der Waals surface area (Å²) in [5.74, 6) is -1.07. The molecule has 0 fully saturated rings. The van der Waals surface area contributed by atoms with Gasteiger partial charge in [0.15, 0.2) is 0 Å². The highest BCUT2D eigenvalue weighted by molar-refractivity contribution is 5.90. The van der Waals surface area contributed by atoms with Crippen molar-refractivity contribution < 1.29 is 27.9 Å². The third-order valence-electron chi connectivity index (χ3n) is 2.30. The molecule has 3 N–H and O–H groups in total. The summed E-state index contributed by atoms with van der Waals surface area (Å²) in [5, 5.41) is 13.1. The molecule has 1 aromatic carbocycles. The van der Waals surface area contributed by atoms with Crippen LogP contribution in [0.15, 0.2) is 24.3 Å². The van der Waals surface area contributed by atoms with E-state index >= 15 is 0 Å². The number of alkyl halides is 3. The fraction of sp³-hybridized carbons (Fsp3) is 0.333. The summed E-state index contributed by atoms with van der Waals surface area (Å²) < 4.78 is 35.7. The minimum absolute atomic E-state index is 0.249. The van der Waals surface area contributed by atoms with Crippen molar-refractivity contribution in [1.29, 1.82) is 0 Å². The van der Waals surface area contributed by atoms with Crippen LogP contribution in [0.3, 0.4) is 0 Å². The van der Waals surface area contributed by atoms with E-state index in [0.717, 1.165) is 0 Å². The van der Waals surface area contributed by atoms with Crippen molar-refractivity contribution in [2.24, 2.45) is 0 Å². The first kappa shape index (κ1) is 15.8. The lowest BCUT2D eigenvalue weighted by atomic mass is 10.1. The lowest BCUT2D eigenvalue weighted by Gasteiger charge is -2.11. The Labute approximate surface area is 112 Å². The maximum atomic E-state index is 11.9. The van der Waals surface area contributed by atoms with Crippen molar-refractivity contribution in [1.82, 2.24) is 5.32 Å². The zero-order valence-corrected chi connectivity index (χ0v) is 10.3. The molecule has 0 saturated carbocycles. The molecule has 0 atom stereocenters. The molecule has 0 radical (unpaired) electrons. The van der Waals surface area contributed by atoms with Crippen LogP contribution in [0.4, 0.5) is 23.7 Å². The van der Waals surface area contributed by atoms with E-state index in [1.165, 1.54) is 12.1 Å². The molecule has 0 unspecified atom stereocenters. The first-order chi connectivity index (χ1) is 9.28. The first-order valence-corrected chi connectivity index (χ1v) is 5.69. The third kappa shape index (κ3) is 6.07. The van der Waals surface area contributed by atoms with Crippen LogP contribution in [0.25, 0.3) is 0 Å². The zero-order chi connectivity index (χ0) is 15.2. The van der Waals surface area contributed by atoms with Crippen molar-refractivity contribution >= 4 is 17.7 Å². The van der Waals surface area contributed by atoms with Crippen LogP contribution in [0.5, 0.6) is 0 Å². The van der Waals surface area contributed by atoms with Gasteiger partial charge in [-0.25, -0.2) is 4.79 Å². The average molecular weight is 290 g/mol. The molecule has 0 aromatic heterocycles. The number of hydrogen-bond acceptors (Lipinski definition) is 2. The number of carbonyl (C=O) groups excluding carboxylic acids is 1. The molecule has 20 heavy (non-hydrogen) atoms. The summed E-state index contributed by atoms with van der Waals surface area (Å²) in [6, 6.07) is 5.36. The van der Waals surface area contributed by atoms with Crippen molar-refractivity contribution in [3.8, 4) is 0 Å². The monoisotopic (exact) mass is 290 g/mol. The van der Waals surface area contributed by atoms with E-state index in [1.54, 1.807) is 12.1 Å². The third-order valence-corrected chi connectivity index (χ3v) is 2.30. The van der Waals surface area contributed by atoms with Crippen LogP contribution < -0.4 is 10.6 Å². The Morgan fingerprint density at radius 3 is 2.45 bits per heavy atom. The predicted octanol–water partition coefficient (Wildman–Crippen LogP) is 2.39. The molecule has 8 heteroatoms. The van der Waals surface area contributed by atoms with Gasteiger partial charge < -0.3 is 15.7 Å². The molecule has 0 aliphatic heterocycles. The van der Waals surface area contributed by atoms with Gasteiger partial charge in [-0.05, 0) is 11.6 Å². The molecule has 1 rings (SSSR count). The van der Waals surface area contributed by atoms with Gasteiger partial charge >= 0.3 is 18.2 Å². The van der Waals surface area contributed by atoms with E-state index < -0.39 is 31.1 Å². The molecule has 1 aromatic rings. The molecule has 5 nitrogen and oxygen atoms in total. The molecule has 0 aliphatic rings. The second-order valence-corrected chi connectivity index (χ2v) is 3.97. The summed E-state index contributed by atoms with van der Waals surface area (Å²) in [4.78, 5) is 22.0. The van der Waals surface area contributed by atoms with Crippen LogP contribution in [-0.2, 0) is 11.2 Å². The highest BCUT2D eigenvalue weighted by atomic mass is 19.4. The molecule has 0 aliphatic carbocycles. The van der Waals surface area contributed by atoms with Crippen molar-refractivity contribution in [3.05, 3.63) is 29.8 Å². The Morgan fingerprint density at radius 2 is 1.85 bits per heavy atom. The second-order valence-electron chi connectivity index (χ2n) is 3.97. The Kier molecular flexibility index (Phi) is 5.36. The van der Waals surface area contributed by atoms with Gasteiger partial charge in [0, 0.05) is 12.2 Å². The molecular formula is C12H13F3N2O3. The highest BCUT2D eigenvalue weighted by Gasteiger charge is 2.26. The van der Waals surface area contributed by atoms with Gasteiger partial charge in [-0.15, -0.1) is 0 Å². The number of rotatable bonds is 5.